The average molecular weight is 258 g/mol. The Balaban J connectivity index is 1.40. The highest BCUT2D eigenvalue weighted by atomic mass is 16.5. The lowest BCUT2D eigenvalue weighted by molar-refractivity contribution is 0.228. The summed E-state index contributed by atoms with van der Waals surface area (Å²) in [6, 6.07) is 8.24. The largest absolute Gasteiger partial charge is 0.488 e. The minimum atomic E-state index is 0.245. The third-order valence-electron chi connectivity index (χ3n) is 3.26. The molecule has 3 rings (SSSR count). The number of nitrogens with zero attached hydrogens (tertiary/aromatic N) is 3. The first-order valence-corrected chi connectivity index (χ1v) is 6.61. The molecule has 1 atom stereocenters. The van der Waals surface area contributed by atoms with E-state index >= 15 is 0 Å². The number of aromatic nitrogens is 3. The Bertz CT molecular complexity index is 527. The van der Waals surface area contributed by atoms with Gasteiger partial charge in [-0.25, -0.2) is 4.98 Å². The van der Waals surface area contributed by atoms with Crippen LogP contribution in [0, 0.1) is 0 Å². The fourth-order valence-electron chi connectivity index (χ4n) is 2.33. The Hall–Kier alpha value is -1.88. The molecule has 0 radical (unpaired) electrons. The molecule has 1 aliphatic heterocycles. The first-order chi connectivity index (χ1) is 9.31. The molecule has 2 heterocycles. The number of para-hydroxylation sites is 1. The number of hydrogen-bond acceptors (Lipinski definition) is 4. The van der Waals surface area contributed by atoms with Gasteiger partial charge in [0.05, 0.1) is 0 Å². The fraction of sp³-hybridized carbons (Fsp3) is 0.429. The van der Waals surface area contributed by atoms with E-state index in [2.05, 4.69) is 27.5 Å². The number of benzene rings is 1. The smallest absolute Gasteiger partial charge is 0.151 e. The average Bonchev–Trinajstić information content (AvgIpc) is 3.00. The highest BCUT2D eigenvalue weighted by Gasteiger charge is 2.21. The minimum absolute atomic E-state index is 0.245. The number of rotatable bonds is 5. The number of hydrogen-bond donors (Lipinski definition) is 1. The summed E-state index contributed by atoms with van der Waals surface area (Å²) in [5.74, 6) is 1.91. The summed E-state index contributed by atoms with van der Waals surface area (Å²) in [5.41, 5.74) is 1.31. The lowest BCUT2D eigenvalue weighted by Crippen LogP contribution is -2.31. The van der Waals surface area contributed by atoms with E-state index in [4.69, 9.17) is 4.74 Å². The normalized spacial score (nSPS) is 17.2. The molecule has 1 aromatic carbocycles. The molecule has 1 N–H and O–H groups in total. The number of nitrogens with one attached hydrogen (secondary N) is 1. The van der Waals surface area contributed by atoms with E-state index in [9.17, 15) is 0 Å². The maximum atomic E-state index is 5.87. The third kappa shape index (κ3) is 2.93. The van der Waals surface area contributed by atoms with Gasteiger partial charge in [-0.2, -0.15) is 5.10 Å². The Morgan fingerprint density at radius 3 is 3.11 bits per heavy atom. The summed E-state index contributed by atoms with van der Waals surface area (Å²) in [6.07, 6.45) is 3.81. The molecule has 0 saturated carbocycles. The number of ether oxygens (including phenoxy) is 1. The van der Waals surface area contributed by atoms with E-state index in [0.29, 0.717) is 0 Å². The molecule has 5 heteroatoms. The molecule has 0 saturated heterocycles. The summed E-state index contributed by atoms with van der Waals surface area (Å²) >= 11 is 0. The number of fused-ring (bicyclic) bond motifs is 1. The molecule has 2 aromatic rings. The van der Waals surface area contributed by atoms with Crippen molar-refractivity contribution in [1.29, 1.82) is 0 Å². The van der Waals surface area contributed by atoms with Gasteiger partial charge in [0.2, 0.25) is 0 Å². The maximum absolute atomic E-state index is 5.87. The van der Waals surface area contributed by atoms with Crippen LogP contribution in [0.25, 0.3) is 0 Å². The van der Waals surface area contributed by atoms with Gasteiger partial charge in [-0.3, -0.25) is 4.68 Å². The molecule has 0 fully saturated rings. The van der Waals surface area contributed by atoms with Crippen LogP contribution in [0.3, 0.4) is 0 Å². The highest BCUT2D eigenvalue weighted by Crippen LogP contribution is 2.27. The Labute approximate surface area is 112 Å². The summed E-state index contributed by atoms with van der Waals surface area (Å²) in [4.78, 5) is 4.20. The summed E-state index contributed by atoms with van der Waals surface area (Å²) in [5, 5.41) is 7.65. The lowest BCUT2D eigenvalue weighted by atomic mass is 10.1. The molecular formula is C14H18N4O. The maximum Gasteiger partial charge on any atom is 0.151 e. The molecule has 0 bridgehead atoms. The van der Waals surface area contributed by atoms with Crippen LogP contribution in [0.4, 0.5) is 0 Å². The lowest BCUT2D eigenvalue weighted by Gasteiger charge is -2.11. The van der Waals surface area contributed by atoms with Crippen molar-refractivity contribution in [2.24, 2.45) is 7.05 Å². The van der Waals surface area contributed by atoms with Gasteiger partial charge in [0, 0.05) is 33.0 Å². The van der Waals surface area contributed by atoms with Gasteiger partial charge in [-0.05, 0) is 11.6 Å². The minimum Gasteiger partial charge on any atom is -0.488 e. The van der Waals surface area contributed by atoms with Crippen LogP contribution in [0.15, 0.2) is 30.6 Å². The quantitative estimate of drug-likeness (QED) is 0.811. The molecule has 0 amide bonds. The van der Waals surface area contributed by atoms with E-state index in [-0.39, 0.29) is 6.10 Å². The van der Waals surface area contributed by atoms with Crippen LogP contribution in [0.5, 0.6) is 5.75 Å². The van der Waals surface area contributed by atoms with Crippen LogP contribution in [0.2, 0.25) is 0 Å². The van der Waals surface area contributed by atoms with Crippen LogP contribution in [-0.2, 0) is 19.9 Å². The van der Waals surface area contributed by atoms with E-state index in [1.165, 1.54) is 5.56 Å². The fourth-order valence-corrected chi connectivity index (χ4v) is 2.33. The molecule has 1 aromatic heterocycles. The standard InChI is InChI=1S/C14H18N4O/c1-18-10-16-14(17-18)6-7-15-9-12-8-11-4-2-3-5-13(11)19-12/h2-5,10,12,15H,6-9H2,1H3. The predicted molar refractivity (Wildman–Crippen MR) is 72.1 cm³/mol. The second kappa shape index (κ2) is 5.40. The second-order valence-electron chi connectivity index (χ2n) is 4.84. The first kappa shape index (κ1) is 12.2. The van der Waals surface area contributed by atoms with E-state index in [1.54, 1.807) is 11.0 Å². The van der Waals surface area contributed by atoms with Crippen LogP contribution in [-0.4, -0.2) is 34.0 Å². The van der Waals surface area contributed by atoms with Gasteiger partial charge < -0.3 is 10.1 Å². The van der Waals surface area contributed by atoms with Crippen molar-refractivity contribution in [2.75, 3.05) is 13.1 Å². The van der Waals surface area contributed by atoms with Crippen molar-refractivity contribution in [3.63, 3.8) is 0 Å². The Kier molecular flexibility index (Phi) is 3.46. The Morgan fingerprint density at radius 2 is 2.32 bits per heavy atom. The molecule has 100 valence electrons. The van der Waals surface area contributed by atoms with Gasteiger partial charge in [0.1, 0.15) is 18.2 Å². The Morgan fingerprint density at radius 1 is 1.42 bits per heavy atom. The number of aryl methyl sites for hydroxylation is 1. The molecule has 1 unspecified atom stereocenters. The van der Waals surface area contributed by atoms with Gasteiger partial charge in [-0.1, -0.05) is 18.2 Å². The van der Waals surface area contributed by atoms with Crippen molar-refractivity contribution in [3.05, 3.63) is 42.0 Å². The zero-order valence-electron chi connectivity index (χ0n) is 11.0. The monoisotopic (exact) mass is 258 g/mol. The molecule has 19 heavy (non-hydrogen) atoms. The van der Waals surface area contributed by atoms with Gasteiger partial charge >= 0.3 is 0 Å². The van der Waals surface area contributed by atoms with E-state index < -0.39 is 0 Å². The van der Waals surface area contributed by atoms with Crippen molar-refractivity contribution in [1.82, 2.24) is 20.1 Å². The van der Waals surface area contributed by atoms with Crippen molar-refractivity contribution < 1.29 is 4.74 Å². The van der Waals surface area contributed by atoms with Gasteiger partial charge in [0.15, 0.2) is 5.82 Å². The highest BCUT2D eigenvalue weighted by molar-refractivity contribution is 5.37. The zero-order chi connectivity index (χ0) is 13.1. The van der Waals surface area contributed by atoms with Gasteiger partial charge in [-0.15, -0.1) is 0 Å². The summed E-state index contributed by atoms with van der Waals surface area (Å²) in [6.45, 7) is 1.74. The van der Waals surface area contributed by atoms with Crippen molar-refractivity contribution in [2.45, 2.75) is 18.9 Å². The first-order valence-electron chi connectivity index (χ1n) is 6.61. The molecule has 0 aliphatic carbocycles. The summed E-state index contributed by atoms with van der Waals surface area (Å²) in [7, 11) is 1.88. The van der Waals surface area contributed by atoms with Crippen LogP contribution >= 0.6 is 0 Å². The van der Waals surface area contributed by atoms with Crippen LogP contribution in [0.1, 0.15) is 11.4 Å². The van der Waals surface area contributed by atoms with E-state index in [0.717, 1.165) is 37.5 Å². The molecular weight excluding hydrogens is 240 g/mol. The summed E-state index contributed by atoms with van der Waals surface area (Å²) < 4.78 is 7.59. The van der Waals surface area contributed by atoms with Crippen molar-refractivity contribution in [3.8, 4) is 5.75 Å². The van der Waals surface area contributed by atoms with Gasteiger partial charge in [0.25, 0.3) is 0 Å². The molecule has 0 spiro atoms. The topological polar surface area (TPSA) is 52.0 Å². The SMILES string of the molecule is Cn1cnc(CCNCC2Cc3ccccc3O2)n1. The van der Waals surface area contributed by atoms with E-state index in [1.807, 2.05) is 19.2 Å². The van der Waals surface area contributed by atoms with Crippen LogP contribution < -0.4 is 10.1 Å². The predicted octanol–water partition coefficient (Wildman–Crippen LogP) is 0.951. The van der Waals surface area contributed by atoms with Crippen molar-refractivity contribution >= 4 is 0 Å². The molecule has 1 aliphatic rings. The molecule has 5 nitrogen and oxygen atoms in total. The zero-order valence-corrected chi connectivity index (χ0v) is 11.0. The second-order valence-corrected chi connectivity index (χ2v) is 4.84. The third-order valence-corrected chi connectivity index (χ3v) is 3.26.